The van der Waals surface area contributed by atoms with Gasteiger partial charge in [0, 0.05) is 6.54 Å². The van der Waals surface area contributed by atoms with Crippen LogP contribution in [0.1, 0.15) is 6.92 Å². The van der Waals surface area contributed by atoms with E-state index >= 15 is 0 Å². The van der Waals surface area contributed by atoms with Crippen molar-refractivity contribution < 1.29 is 17.9 Å². The largest absolute Gasteiger partial charge is 0.465 e. The summed E-state index contributed by atoms with van der Waals surface area (Å²) in [4.78, 5) is 11.5. The van der Waals surface area contributed by atoms with Crippen LogP contribution in [0.25, 0.3) is 0 Å². The van der Waals surface area contributed by atoms with E-state index in [4.69, 9.17) is 10.5 Å². The first-order chi connectivity index (χ1) is 8.51. The Kier molecular flexibility index (Phi) is 5.26. The SMILES string of the molecule is CCOC(=O)[C@H](CN)NS(=O)(=O)c1ccccc1. The van der Waals surface area contributed by atoms with Crippen molar-refractivity contribution in [2.24, 2.45) is 5.73 Å². The van der Waals surface area contributed by atoms with Gasteiger partial charge >= 0.3 is 5.97 Å². The minimum Gasteiger partial charge on any atom is -0.465 e. The molecule has 0 unspecified atom stereocenters. The molecule has 0 aromatic heterocycles. The Labute approximate surface area is 106 Å². The van der Waals surface area contributed by atoms with Crippen molar-refractivity contribution >= 4 is 16.0 Å². The van der Waals surface area contributed by atoms with Gasteiger partial charge in [0.15, 0.2) is 0 Å². The van der Waals surface area contributed by atoms with Gasteiger partial charge in [-0.3, -0.25) is 4.79 Å². The van der Waals surface area contributed by atoms with Gasteiger partial charge in [0.25, 0.3) is 0 Å². The van der Waals surface area contributed by atoms with Crippen molar-refractivity contribution in [2.45, 2.75) is 17.9 Å². The molecular weight excluding hydrogens is 256 g/mol. The Bertz CT molecular complexity index is 487. The molecule has 0 bridgehead atoms. The van der Waals surface area contributed by atoms with Crippen LogP contribution in [0.15, 0.2) is 35.2 Å². The van der Waals surface area contributed by atoms with Crippen LogP contribution in [0.2, 0.25) is 0 Å². The predicted molar refractivity (Wildman–Crippen MR) is 66.2 cm³/mol. The average molecular weight is 272 g/mol. The Morgan fingerprint density at radius 3 is 2.50 bits per heavy atom. The molecule has 0 aliphatic rings. The van der Waals surface area contributed by atoms with Crippen LogP contribution in [0.5, 0.6) is 0 Å². The maximum absolute atomic E-state index is 11.9. The summed E-state index contributed by atoms with van der Waals surface area (Å²) in [6.07, 6.45) is 0. The second-order valence-corrected chi connectivity index (χ2v) is 5.19. The third kappa shape index (κ3) is 3.80. The lowest BCUT2D eigenvalue weighted by Gasteiger charge is -2.15. The molecule has 1 rings (SSSR count). The molecular formula is C11H16N2O4S. The minimum absolute atomic E-state index is 0.0766. The summed E-state index contributed by atoms with van der Waals surface area (Å²) in [5.74, 6) is -0.681. The first-order valence-electron chi connectivity index (χ1n) is 5.45. The van der Waals surface area contributed by atoms with Gasteiger partial charge < -0.3 is 10.5 Å². The fraction of sp³-hybridized carbons (Fsp3) is 0.364. The van der Waals surface area contributed by atoms with E-state index in [0.29, 0.717) is 0 Å². The Morgan fingerprint density at radius 2 is 2.00 bits per heavy atom. The average Bonchev–Trinajstić information content (AvgIpc) is 2.37. The van der Waals surface area contributed by atoms with Crippen LogP contribution < -0.4 is 10.5 Å². The number of carbonyl (C=O) groups excluding carboxylic acids is 1. The van der Waals surface area contributed by atoms with Crippen LogP contribution in [0.4, 0.5) is 0 Å². The van der Waals surface area contributed by atoms with E-state index in [9.17, 15) is 13.2 Å². The summed E-state index contributed by atoms with van der Waals surface area (Å²) >= 11 is 0. The molecule has 3 N–H and O–H groups in total. The summed E-state index contributed by atoms with van der Waals surface area (Å²) in [6.45, 7) is 1.64. The van der Waals surface area contributed by atoms with Crippen molar-refractivity contribution in [1.82, 2.24) is 4.72 Å². The molecule has 0 fully saturated rings. The quantitative estimate of drug-likeness (QED) is 0.702. The minimum atomic E-state index is -3.77. The van der Waals surface area contributed by atoms with Gasteiger partial charge in [-0.05, 0) is 19.1 Å². The van der Waals surface area contributed by atoms with Crippen molar-refractivity contribution in [2.75, 3.05) is 13.2 Å². The highest BCUT2D eigenvalue weighted by Crippen LogP contribution is 2.08. The van der Waals surface area contributed by atoms with E-state index in [2.05, 4.69) is 4.72 Å². The molecule has 1 atom stereocenters. The fourth-order valence-corrected chi connectivity index (χ4v) is 2.51. The molecule has 0 saturated heterocycles. The molecule has 0 saturated carbocycles. The smallest absolute Gasteiger partial charge is 0.325 e. The molecule has 0 aliphatic carbocycles. The zero-order chi connectivity index (χ0) is 13.6. The first kappa shape index (κ1) is 14.6. The lowest BCUT2D eigenvalue weighted by atomic mass is 10.3. The molecule has 100 valence electrons. The molecule has 18 heavy (non-hydrogen) atoms. The predicted octanol–water partition coefficient (Wildman–Crippen LogP) is -0.145. The third-order valence-corrected chi connectivity index (χ3v) is 3.65. The number of esters is 1. The third-order valence-electron chi connectivity index (χ3n) is 2.16. The van der Waals surface area contributed by atoms with E-state index in [-0.39, 0.29) is 18.0 Å². The Morgan fingerprint density at radius 1 is 1.39 bits per heavy atom. The summed E-state index contributed by atoms with van der Waals surface area (Å²) in [7, 11) is -3.77. The highest BCUT2D eigenvalue weighted by molar-refractivity contribution is 7.89. The van der Waals surface area contributed by atoms with Gasteiger partial charge in [0.05, 0.1) is 11.5 Å². The molecule has 6 nitrogen and oxygen atoms in total. The molecule has 1 aromatic carbocycles. The number of nitrogens with two attached hydrogens (primary N) is 1. The second kappa shape index (κ2) is 6.48. The number of nitrogens with one attached hydrogen (secondary N) is 1. The molecule has 0 amide bonds. The number of benzene rings is 1. The summed E-state index contributed by atoms with van der Waals surface area (Å²) < 4.78 is 30.8. The van der Waals surface area contributed by atoms with Gasteiger partial charge in [-0.2, -0.15) is 4.72 Å². The number of carbonyl (C=O) groups is 1. The van der Waals surface area contributed by atoms with Crippen LogP contribution in [-0.2, 0) is 19.6 Å². The lowest BCUT2D eigenvalue weighted by Crippen LogP contribution is -2.46. The summed E-state index contributed by atoms with van der Waals surface area (Å²) in [5.41, 5.74) is 5.36. The molecule has 0 heterocycles. The van der Waals surface area contributed by atoms with Gasteiger partial charge in [-0.1, -0.05) is 18.2 Å². The maximum Gasteiger partial charge on any atom is 0.325 e. The monoisotopic (exact) mass is 272 g/mol. The van der Waals surface area contributed by atoms with Crippen LogP contribution in [-0.4, -0.2) is 33.6 Å². The topological polar surface area (TPSA) is 98.5 Å². The number of hydrogen-bond donors (Lipinski definition) is 2. The fourth-order valence-electron chi connectivity index (χ4n) is 1.29. The van der Waals surface area contributed by atoms with E-state index in [1.165, 1.54) is 12.1 Å². The molecule has 0 radical (unpaired) electrons. The van der Waals surface area contributed by atoms with Gasteiger partial charge in [0.2, 0.25) is 10.0 Å². The van der Waals surface area contributed by atoms with Crippen molar-refractivity contribution in [3.8, 4) is 0 Å². The maximum atomic E-state index is 11.9. The molecule has 1 aromatic rings. The molecule has 0 spiro atoms. The summed E-state index contributed by atoms with van der Waals surface area (Å²) in [6, 6.07) is 6.68. The van der Waals surface area contributed by atoms with Crippen molar-refractivity contribution in [3.63, 3.8) is 0 Å². The molecule has 0 aliphatic heterocycles. The molecule has 7 heteroatoms. The van der Waals surface area contributed by atoms with Crippen molar-refractivity contribution in [3.05, 3.63) is 30.3 Å². The summed E-state index contributed by atoms with van der Waals surface area (Å²) in [5, 5.41) is 0. The number of ether oxygens (including phenoxy) is 1. The lowest BCUT2D eigenvalue weighted by molar-refractivity contribution is -0.144. The second-order valence-electron chi connectivity index (χ2n) is 3.47. The van der Waals surface area contributed by atoms with Gasteiger partial charge in [-0.15, -0.1) is 0 Å². The van der Waals surface area contributed by atoms with E-state index < -0.39 is 22.0 Å². The number of rotatable bonds is 6. The zero-order valence-corrected chi connectivity index (χ0v) is 10.8. The highest BCUT2D eigenvalue weighted by Gasteiger charge is 2.25. The normalized spacial score (nSPS) is 13.0. The zero-order valence-electron chi connectivity index (χ0n) is 10.00. The van der Waals surface area contributed by atoms with E-state index in [0.717, 1.165) is 0 Å². The van der Waals surface area contributed by atoms with E-state index in [1.54, 1.807) is 25.1 Å². The number of hydrogen-bond acceptors (Lipinski definition) is 5. The van der Waals surface area contributed by atoms with Crippen LogP contribution in [0.3, 0.4) is 0 Å². The van der Waals surface area contributed by atoms with Gasteiger partial charge in [-0.25, -0.2) is 8.42 Å². The van der Waals surface area contributed by atoms with E-state index in [1.807, 2.05) is 0 Å². The Balaban J connectivity index is 2.85. The highest BCUT2D eigenvalue weighted by atomic mass is 32.2. The Hall–Kier alpha value is -1.44. The van der Waals surface area contributed by atoms with Crippen LogP contribution in [0, 0.1) is 0 Å². The number of sulfonamides is 1. The van der Waals surface area contributed by atoms with Crippen molar-refractivity contribution in [1.29, 1.82) is 0 Å². The first-order valence-corrected chi connectivity index (χ1v) is 6.93. The standard InChI is InChI=1S/C11H16N2O4S/c1-2-17-11(14)10(8-12)13-18(15,16)9-6-4-3-5-7-9/h3-7,10,13H,2,8,12H2,1H3/t10-/m0/s1. The van der Waals surface area contributed by atoms with Crippen LogP contribution >= 0.6 is 0 Å². The van der Waals surface area contributed by atoms with Gasteiger partial charge in [0.1, 0.15) is 6.04 Å².